The molecule has 0 aliphatic carbocycles. The van der Waals surface area contributed by atoms with Crippen LogP contribution in [-0.2, 0) is 14.9 Å². The minimum atomic E-state index is -0.748. The molecule has 218 valence electrons. The van der Waals surface area contributed by atoms with Crippen molar-refractivity contribution in [1.82, 2.24) is 19.8 Å². The first-order valence-corrected chi connectivity index (χ1v) is 14.5. The van der Waals surface area contributed by atoms with Crippen LogP contribution < -0.4 is 10.2 Å². The van der Waals surface area contributed by atoms with Crippen LogP contribution in [0.3, 0.4) is 0 Å². The van der Waals surface area contributed by atoms with Gasteiger partial charge in [-0.3, -0.25) is 4.79 Å². The molecule has 1 aromatic carbocycles. The Kier molecular flexibility index (Phi) is 8.76. The molecule has 2 aromatic rings. The predicted molar refractivity (Wildman–Crippen MR) is 159 cm³/mol. The molecule has 2 aliphatic heterocycles. The number of likely N-dealkylation sites (tertiary alicyclic amines) is 1. The average Bonchev–Trinajstić information content (AvgIpc) is 2.88. The number of nitrogens with one attached hydrogen (secondary N) is 1. The zero-order valence-electron chi connectivity index (χ0n) is 24.3. The number of hydrogen-bond donors (Lipinski definition) is 1. The summed E-state index contributed by atoms with van der Waals surface area (Å²) in [7, 11) is 0. The van der Waals surface area contributed by atoms with Crippen molar-refractivity contribution >= 4 is 46.8 Å². The van der Waals surface area contributed by atoms with Gasteiger partial charge < -0.3 is 24.8 Å². The second kappa shape index (κ2) is 11.6. The topological polar surface area (TPSA) is 90.9 Å². The highest BCUT2D eigenvalue weighted by Crippen LogP contribution is 2.39. The zero-order valence-corrected chi connectivity index (χ0v) is 25.8. The van der Waals surface area contributed by atoms with Gasteiger partial charge >= 0.3 is 6.09 Å². The summed E-state index contributed by atoms with van der Waals surface area (Å²) in [6.45, 7) is 14.8. The molecular weight excluding hydrogens is 551 g/mol. The number of amides is 2. The summed E-state index contributed by atoms with van der Waals surface area (Å²) in [4.78, 5) is 41.5. The van der Waals surface area contributed by atoms with Gasteiger partial charge in [0.15, 0.2) is 11.6 Å². The Bertz CT molecular complexity index is 1210. The summed E-state index contributed by atoms with van der Waals surface area (Å²) in [5, 5.41) is 4.42. The molecule has 2 fully saturated rings. The Hall–Kier alpha value is -2.78. The van der Waals surface area contributed by atoms with E-state index in [1.54, 1.807) is 4.90 Å². The number of nitrogens with zero attached hydrogens (tertiary/aromatic N) is 5. The van der Waals surface area contributed by atoms with E-state index in [0.717, 1.165) is 5.56 Å². The first kappa shape index (κ1) is 30.2. The highest BCUT2D eigenvalue weighted by Gasteiger charge is 2.46. The zero-order chi connectivity index (χ0) is 29.3. The van der Waals surface area contributed by atoms with E-state index < -0.39 is 11.0 Å². The standard InChI is InChI=1S/C29H40Cl2N6O3/c1-27(2,3)34-23-22(31)24(33-19-32-23)35-15-17-36(18-16-35)25(38)29(20-7-9-21(30)10-8-20)11-13-37(14-12-29)26(39)40-28(4,5)6/h7-10,19H,11-18H2,1-6H3,(H,32,33,34). The van der Waals surface area contributed by atoms with E-state index >= 15 is 0 Å². The molecule has 11 heteroatoms. The molecule has 1 N–H and O–H groups in total. The number of benzene rings is 1. The predicted octanol–water partition coefficient (Wildman–Crippen LogP) is 5.61. The number of rotatable bonds is 4. The third kappa shape index (κ3) is 6.92. The molecule has 0 atom stereocenters. The fourth-order valence-corrected chi connectivity index (χ4v) is 5.63. The summed E-state index contributed by atoms with van der Waals surface area (Å²) in [6, 6.07) is 7.52. The molecule has 2 saturated heterocycles. The van der Waals surface area contributed by atoms with E-state index in [1.165, 1.54) is 6.33 Å². The maximum atomic E-state index is 14.3. The van der Waals surface area contributed by atoms with Gasteiger partial charge in [0.25, 0.3) is 0 Å². The van der Waals surface area contributed by atoms with Crippen LogP contribution in [0.2, 0.25) is 10.0 Å². The lowest BCUT2D eigenvalue weighted by Crippen LogP contribution is -2.58. The van der Waals surface area contributed by atoms with Crippen molar-refractivity contribution in [2.24, 2.45) is 0 Å². The summed E-state index contributed by atoms with van der Waals surface area (Å²) in [5.41, 5.74) is -0.602. The fraction of sp³-hybridized carbons (Fsp3) is 0.586. The molecule has 2 amide bonds. The molecule has 0 saturated carbocycles. The lowest BCUT2D eigenvalue weighted by Gasteiger charge is -2.45. The van der Waals surface area contributed by atoms with E-state index in [1.807, 2.05) is 70.7 Å². The molecule has 0 unspecified atom stereocenters. The number of piperidine rings is 1. The number of hydrogen-bond acceptors (Lipinski definition) is 7. The molecule has 3 heterocycles. The van der Waals surface area contributed by atoms with Gasteiger partial charge in [-0.25, -0.2) is 14.8 Å². The molecular formula is C29H40Cl2N6O3. The quantitative estimate of drug-likeness (QED) is 0.494. The van der Waals surface area contributed by atoms with E-state index in [9.17, 15) is 9.59 Å². The van der Waals surface area contributed by atoms with Gasteiger partial charge in [0.2, 0.25) is 5.91 Å². The van der Waals surface area contributed by atoms with Gasteiger partial charge in [-0.05, 0) is 72.1 Å². The fourth-order valence-electron chi connectivity index (χ4n) is 5.24. The maximum Gasteiger partial charge on any atom is 0.410 e. The van der Waals surface area contributed by atoms with Crippen LogP contribution in [0.4, 0.5) is 16.4 Å². The molecule has 2 aliphatic rings. The van der Waals surface area contributed by atoms with Gasteiger partial charge in [0, 0.05) is 49.8 Å². The average molecular weight is 592 g/mol. The smallest absolute Gasteiger partial charge is 0.410 e. The largest absolute Gasteiger partial charge is 0.444 e. The Morgan fingerprint density at radius 2 is 1.48 bits per heavy atom. The molecule has 0 spiro atoms. The van der Waals surface area contributed by atoms with Crippen molar-refractivity contribution in [3.05, 3.63) is 46.2 Å². The van der Waals surface area contributed by atoms with Crippen molar-refractivity contribution in [1.29, 1.82) is 0 Å². The number of anilines is 2. The number of piperazine rings is 1. The molecule has 0 bridgehead atoms. The van der Waals surface area contributed by atoms with Crippen molar-refractivity contribution in [3.63, 3.8) is 0 Å². The van der Waals surface area contributed by atoms with Crippen LogP contribution in [-0.4, -0.2) is 82.2 Å². The minimum Gasteiger partial charge on any atom is -0.444 e. The van der Waals surface area contributed by atoms with E-state index in [2.05, 4.69) is 20.2 Å². The maximum absolute atomic E-state index is 14.3. The number of aromatic nitrogens is 2. The van der Waals surface area contributed by atoms with Gasteiger partial charge in [-0.2, -0.15) is 0 Å². The number of ether oxygens (including phenoxy) is 1. The number of carbonyl (C=O) groups is 2. The normalized spacial score (nSPS) is 17.9. The van der Waals surface area contributed by atoms with Crippen LogP contribution in [0.25, 0.3) is 0 Å². The first-order valence-electron chi connectivity index (χ1n) is 13.8. The number of carbonyl (C=O) groups excluding carboxylic acids is 2. The minimum absolute atomic E-state index is 0.0715. The van der Waals surface area contributed by atoms with E-state index in [4.69, 9.17) is 27.9 Å². The van der Waals surface area contributed by atoms with Crippen molar-refractivity contribution in [3.8, 4) is 0 Å². The summed E-state index contributed by atoms with van der Waals surface area (Å²) < 4.78 is 5.59. The van der Waals surface area contributed by atoms with Gasteiger partial charge in [0.05, 0.1) is 5.41 Å². The molecule has 1 aromatic heterocycles. The molecule has 4 rings (SSSR count). The van der Waals surface area contributed by atoms with Crippen molar-refractivity contribution in [2.45, 2.75) is 70.9 Å². The molecule has 9 nitrogen and oxygen atoms in total. The van der Waals surface area contributed by atoms with Crippen LogP contribution >= 0.6 is 23.2 Å². The molecule has 0 radical (unpaired) electrons. The summed E-state index contributed by atoms with van der Waals surface area (Å²) >= 11 is 12.9. The Labute approximate surface area is 247 Å². The third-order valence-corrected chi connectivity index (χ3v) is 7.81. The Morgan fingerprint density at radius 1 is 0.875 bits per heavy atom. The lowest BCUT2D eigenvalue weighted by molar-refractivity contribution is -0.140. The highest BCUT2D eigenvalue weighted by molar-refractivity contribution is 6.35. The van der Waals surface area contributed by atoms with E-state index in [-0.39, 0.29) is 17.5 Å². The lowest BCUT2D eigenvalue weighted by atomic mass is 9.71. The van der Waals surface area contributed by atoms with Crippen LogP contribution in [0.1, 0.15) is 59.9 Å². The second-order valence-electron chi connectivity index (χ2n) is 12.6. The van der Waals surface area contributed by atoms with Crippen molar-refractivity contribution < 1.29 is 14.3 Å². The van der Waals surface area contributed by atoms with E-state index in [0.29, 0.717) is 73.8 Å². The summed E-state index contributed by atoms with van der Waals surface area (Å²) in [6.07, 6.45) is 2.18. The first-order chi connectivity index (χ1) is 18.7. The van der Waals surface area contributed by atoms with Crippen molar-refractivity contribution in [2.75, 3.05) is 49.5 Å². The third-order valence-electron chi connectivity index (χ3n) is 7.21. The Morgan fingerprint density at radius 3 is 2.02 bits per heavy atom. The molecule has 40 heavy (non-hydrogen) atoms. The van der Waals surface area contributed by atoms with Crippen LogP contribution in [0.5, 0.6) is 0 Å². The number of halogens is 2. The van der Waals surface area contributed by atoms with Crippen LogP contribution in [0, 0.1) is 0 Å². The second-order valence-corrected chi connectivity index (χ2v) is 13.4. The van der Waals surface area contributed by atoms with Crippen LogP contribution in [0.15, 0.2) is 30.6 Å². The van der Waals surface area contributed by atoms with Gasteiger partial charge in [0.1, 0.15) is 17.0 Å². The van der Waals surface area contributed by atoms with Gasteiger partial charge in [-0.15, -0.1) is 0 Å². The SMILES string of the molecule is CC(C)(C)Nc1ncnc(N2CCN(C(=O)C3(c4ccc(Cl)cc4)CCN(C(=O)OC(C)(C)C)CC3)CC2)c1Cl. The Balaban J connectivity index is 1.50. The monoisotopic (exact) mass is 590 g/mol. The highest BCUT2D eigenvalue weighted by atomic mass is 35.5. The van der Waals surface area contributed by atoms with Gasteiger partial charge in [-0.1, -0.05) is 35.3 Å². The summed E-state index contributed by atoms with van der Waals surface area (Å²) in [5.74, 6) is 1.33.